The summed E-state index contributed by atoms with van der Waals surface area (Å²) in [6.07, 6.45) is 3.74. The van der Waals surface area contributed by atoms with E-state index in [1.165, 1.54) is 13.2 Å². The van der Waals surface area contributed by atoms with Crippen LogP contribution in [-0.2, 0) is 14.3 Å². The van der Waals surface area contributed by atoms with Crippen molar-refractivity contribution in [1.82, 2.24) is 0 Å². The fraction of sp³-hybridized carbons (Fsp3) is 0.800. The number of methoxy groups -OCH3 is 1. The van der Waals surface area contributed by atoms with Gasteiger partial charge in [-0.25, -0.2) is 9.59 Å². The molecule has 0 spiro atoms. The molecule has 1 atom stereocenters. The largest absolute Gasteiger partial charge is 0.467 e. The van der Waals surface area contributed by atoms with E-state index in [0.29, 0.717) is 6.42 Å². The highest BCUT2D eigenvalue weighted by atomic mass is 16.5. The van der Waals surface area contributed by atoms with Gasteiger partial charge in [0.25, 0.3) is 0 Å². The summed E-state index contributed by atoms with van der Waals surface area (Å²) < 4.78 is 4.68. The molecule has 0 saturated heterocycles. The van der Waals surface area contributed by atoms with Gasteiger partial charge in [-0.05, 0) is 19.3 Å². The van der Waals surface area contributed by atoms with Crippen LogP contribution in [0.3, 0.4) is 0 Å². The second kappa shape index (κ2) is 3.54. The van der Waals surface area contributed by atoms with Crippen molar-refractivity contribution in [1.29, 1.82) is 0 Å². The fourth-order valence-electron chi connectivity index (χ4n) is 2.27. The van der Waals surface area contributed by atoms with Gasteiger partial charge in [0, 0.05) is 5.41 Å². The molecule has 0 aromatic rings. The molecule has 1 fully saturated rings. The number of rotatable bonds is 4. The van der Waals surface area contributed by atoms with Crippen LogP contribution < -0.4 is 0 Å². The second-order valence-electron chi connectivity index (χ2n) is 3.72. The Balaban J connectivity index is 3.01. The van der Waals surface area contributed by atoms with Crippen LogP contribution in [0.15, 0.2) is 4.99 Å². The van der Waals surface area contributed by atoms with Crippen molar-refractivity contribution >= 4 is 12.0 Å². The van der Waals surface area contributed by atoms with E-state index in [1.807, 2.05) is 13.8 Å². The first-order valence-electron chi connectivity index (χ1n) is 4.80. The van der Waals surface area contributed by atoms with Crippen molar-refractivity contribution < 1.29 is 14.3 Å². The Hall–Kier alpha value is -1.15. The van der Waals surface area contributed by atoms with Crippen LogP contribution in [0, 0.1) is 5.41 Å². The van der Waals surface area contributed by atoms with E-state index in [2.05, 4.69) is 9.73 Å². The molecule has 0 aliphatic heterocycles. The van der Waals surface area contributed by atoms with Gasteiger partial charge in [0.1, 0.15) is 0 Å². The second-order valence-corrected chi connectivity index (χ2v) is 3.72. The van der Waals surface area contributed by atoms with Gasteiger partial charge in [-0.1, -0.05) is 13.8 Å². The summed E-state index contributed by atoms with van der Waals surface area (Å²) in [7, 11) is 1.32. The van der Waals surface area contributed by atoms with Gasteiger partial charge in [0.05, 0.1) is 7.11 Å². The monoisotopic (exact) mass is 197 g/mol. The lowest BCUT2D eigenvalue weighted by Gasteiger charge is -2.16. The Morgan fingerprint density at radius 2 is 2.07 bits per heavy atom. The van der Waals surface area contributed by atoms with Crippen LogP contribution >= 0.6 is 0 Å². The average molecular weight is 197 g/mol. The first-order valence-corrected chi connectivity index (χ1v) is 4.80. The smallest absolute Gasteiger partial charge is 0.335 e. The molecule has 4 heteroatoms. The van der Waals surface area contributed by atoms with E-state index in [4.69, 9.17) is 0 Å². The molecule has 1 aliphatic rings. The normalized spacial score (nSPS) is 27.6. The highest BCUT2D eigenvalue weighted by Gasteiger charge is 2.71. The van der Waals surface area contributed by atoms with E-state index in [0.717, 1.165) is 12.8 Å². The van der Waals surface area contributed by atoms with E-state index in [9.17, 15) is 9.59 Å². The number of carbonyl (C=O) groups is 1. The maximum absolute atomic E-state index is 11.5. The van der Waals surface area contributed by atoms with Gasteiger partial charge in [-0.2, -0.15) is 4.99 Å². The number of ether oxygens (including phenoxy) is 1. The Kier molecular flexibility index (Phi) is 2.76. The molecule has 0 aromatic heterocycles. The van der Waals surface area contributed by atoms with Gasteiger partial charge >= 0.3 is 5.97 Å². The summed E-state index contributed by atoms with van der Waals surface area (Å²) in [6, 6.07) is 0. The summed E-state index contributed by atoms with van der Waals surface area (Å²) in [5.74, 6) is -0.412. The van der Waals surface area contributed by atoms with Crippen LogP contribution in [0.5, 0.6) is 0 Å². The van der Waals surface area contributed by atoms with Gasteiger partial charge in [0.15, 0.2) is 5.54 Å². The summed E-state index contributed by atoms with van der Waals surface area (Å²) in [5, 5.41) is 0. The molecule has 0 amide bonds. The third-order valence-electron chi connectivity index (χ3n) is 3.46. The van der Waals surface area contributed by atoms with Gasteiger partial charge < -0.3 is 4.74 Å². The van der Waals surface area contributed by atoms with Gasteiger partial charge in [-0.3, -0.25) is 0 Å². The van der Waals surface area contributed by atoms with E-state index in [1.54, 1.807) is 0 Å². The molecular formula is C10H15NO3. The number of hydrogen-bond acceptors (Lipinski definition) is 4. The maximum Gasteiger partial charge on any atom is 0.335 e. The first-order chi connectivity index (χ1) is 6.62. The van der Waals surface area contributed by atoms with Crippen molar-refractivity contribution in [2.45, 2.75) is 38.6 Å². The standard InChI is InChI=1S/C10H15NO3/c1-4-9(5-2)6-10(9,11-7-12)8(13)14-3/h4-6H2,1-3H3. The minimum Gasteiger partial charge on any atom is -0.467 e. The predicted molar refractivity (Wildman–Crippen MR) is 50.5 cm³/mol. The van der Waals surface area contributed by atoms with Crippen molar-refractivity contribution in [3.8, 4) is 0 Å². The van der Waals surface area contributed by atoms with Crippen molar-refractivity contribution in [2.24, 2.45) is 10.4 Å². The SMILES string of the molecule is CCC1(CC)CC1(N=C=O)C(=O)OC. The summed E-state index contributed by atoms with van der Waals surface area (Å²) in [6.45, 7) is 3.99. The third kappa shape index (κ3) is 1.18. The average Bonchev–Trinajstić information content (AvgIpc) is 2.88. The maximum atomic E-state index is 11.5. The van der Waals surface area contributed by atoms with Crippen LogP contribution in [0.2, 0.25) is 0 Å². The lowest BCUT2D eigenvalue weighted by molar-refractivity contribution is -0.144. The molecule has 1 saturated carbocycles. The number of isocyanates is 1. The molecule has 4 nitrogen and oxygen atoms in total. The zero-order valence-corrected chi connectivity index (χ0v) is 8.79. The highest BCUT2D eigenvalue weighted by Crippen LogP contribution is 2.63. The molecule has 0 N–H and O–H groups in total. The summed E-state index contributed by atoms with van der Waals surface area (Å²) in [5.41, 5.74) is -1.12. The minimum atomic E-state index is -0.938. The predicted octanol–water partition coefficient (Wildman–Crippen LogP) is 1.44. The zero-order chi connectivity index (χ0) is 10.8. The number of nitrogens with zero attached hydrogens (tertiary/aromatic N) is 1. The number of esters is 1. The lowest BCUT2D eigenvalue weighted by Crippen LogP contribution is -2.29. The number of carbonyl (C=O) groups excluding carboxylic acids is 2. The molecule has 1 unspecified atom stereocenters. The van der Waals surface area contributed by atoms with Crippen LogP contribution in [0.1, 0.15) is 33.1 Å². The molecule has 78 valence electrons. The molecule has 0 aromatic carbocycles. The van der Waals surface area contributed by atoms with Gasteiger partial charge in [0.2, 0.25) is 6.08 Å². The van der Waals surface area contributed by atoms with Crippen molar-refractivity contribution in [2.75, 3.05) is 7.11 Å². The van der Waals surface area contributed by atoms with Crippen LogP contribution in [0.4, 0.5) is 0 Å². The molecular weight excluding hydrogens is 182 g/mol. The minimum absolute atomic E-state index is 0.183. The Labute approximate surface area is 83.3 Å². The first kappa shape index (κ1) is 10.9. The van der Waals surface area contributed by atoms with Crippen LogP contribution in [-0.4, -0.2) is 24.7 Å². The molecule has 0 radical (unpaired) electrons. The molecule has 1 aliphatic carbocycles. The topological polar surface area (TPSA) is 55.7 Å². The molecule has 0 heterocycles. The fourth-order valence-corrected chi connectivity index (χ4v) is 2.27. The third-order valence-corrected chi connectivity index (χ3v) is 3.46. The summed E-state index contributed by atoms with van der Waals surface area (Å²) in [4.78, 5) is 25.5. The molecule has 1 rings (SSSR count). The van der Waals surface area contributed by atoms with Gasteiger partial charge in [-0.15, -0.1) is 0 Å². The number of aliphatic imine (C=N–C) groups is 1. The summed E-state index contributed by atoms with van der Waals surface area (Å²) >= 11 is 0. The van der Waals surface area contributed by atoms with Crippen molar-refractivity contribution in [3.63, 3.8) is 0 Å². The zero-order valence-electron chi connectivity index (χ0n) is 8.79. The van der Waals surface area contributed by atoms with E-state index < -0.39 is 11.5 Å². The highest BCUT2D eigenvalue weighted by molar-refractivity contribution is 5.87. The Bertz CT molecular complexity index is 290. The number of hydrogen-bond donors (Lipinski definition) is 0. The van der Waals surface area contributed by atoms with Crippen LogP contribution in [0.25, 0.3) is 0 Å². The van der Waals surface area contributed by atoms with E-state index in [-0.39, 0.29) is 5.41 Å². The lowest BCUT2D eigenvalue weighted by atomic mass is 9.93. The van der Waals surface area contributed by atoms with E-state index >= 15 is 0 Å². The Morgan fingerprint density at radius 3 is 2.36 bits per heavy atom. The van der Waals surface area contributed by atoms with Crippen molar-refractivity contribution in [3.05, 3.63) is 0 Å². The Morgan fingerprint density at radius 1 is 1.50 bits per heavy atom. The quantitative estimate of drug-likeness (QED) is 0.389. The molecule has 14 heavy (non-hydrogen) atoms. The molecule has 0 bridgehead atoms.